The highest BCUT2D eigenvalue weighted by atomic mass is 32.2. The molecule has 6 aromatic rings. The van der Waals surface area contributed by atoms with Gasteiger partial charge in [0.1, 0.15) is 31.0 Å². The van der Waals surface area contributed by atoms with Gasteiger partial charge in [0, 0.05) is 87.8 Å². The molecule has 111 heavy (non-hydrogen) atoms. The second-order valence-corrected chi connectivity index (χ2v) is 29.1. The van der Waals surface area contributed by atoms with Crippen molar-refractivity contribution in [3.63, 3.8) is 0 Å². The highest BCUT2D eigenvalue weighted by Gasteiger charge is 2.56. The molecule has 1 saturated heterocycles. The predicted molar refractivity (Wildman–Crippen MR) is 413 cm³/mol. The summed E-state index contributed by atoms with van der Waals surface area (Å²) in [5.41, 5.74) is 8.12. The number of hydrogen-bond donors (Lipinski definition) is 13. The summed E-state index contributed by atoms with van der Waals surface area (Å²) in [5, 5.41) is 86.1. The maximum absolute atomic E-state index is 14.0. The van der Waals surface area contributed by atoms with Crippen LogP contribution in [0.2, 0.25) is 0 Å². The number of rotatable bonds is 43. The van der Waals surface area contributed by atoms with Crippen LogP contribution in [0.3, 0.4) is 0 Å². The van der Waals surface area contributed by atoms with Gasteiger partial charge in [-0.2, -0.15) is 23.5 Å². The van der Waals surface area contributed by atoms with E-state index in [1.165, 1.54) is 44.3 Å². The fourth-order valence-corrected chi connectivity index (χ4v) is 14.2. The molecule has 0 radical (unpaired) electrons. The molecule has 0 aromatic heterocycles. The Labute approximate surface area is 652 Å². The first-order valence-corrected chi connectivity index (χ1v) is 38.8. The monoisotopic (exact) mass is 1570 g/mol. The van der Waals surface area contributed by atoms with Crippen LogP contribution in [-0.4, -0.2) is 240 Å². The lowest BCUT2D eigenvalue weighted by Gasteiger charge is -2.47. The number of carbonyl (C=O) groups is 9. The van der Waals surface area contributed by atoms with Crippen molar-refractivity contribution in [2.45, 2.75) is 138 Å². The topological polar surface area (TPSA) is 424 Å². The average molecular weight is 1570 g/mol. The number of aliphatic hydroxyl groups is 6. The summed E-state index contributed by atoms with van der Waals surface area (Å²) >= 11 is 2.78. The van der Waals surface area contributed by atoms with Crippen LogP contribution in [0.5, 0.6) is 0 Å². The minimum Gasteiger partial charge on any atom is -0.465 e. The molecule has 13 N–H and O–H groups in total. The maximum atomic E-state index is 14.0. The van der Waals surface area contributed by atoms with Gasteiger partial charge in [-0.1, -0.05) is 133 Å². The normalized spacial score (nSPS) is 18.2. The van der Waals surface area contributed by atoms with E-state index >= 15 is 0 Å². The number of benzene rings is 6. The number of methoxy groups -OCH3 is 2. The van der Waals surface area contributed by atoms with Gasteiger partial charge in [-0.15, -0.1) is 0 Å². The molecule has 1 heterocycles. The van der Waals surface area contributed by atoms with Crippen LogP contribution in [0, 0.1) is 0 Å². The third-order valence-corrected chi connectivity index (χ3v) is 20.6. The number of esters is 2. The summed E-state index contributed by atoms with van der Waals surface area (Å²) in [6.07, 6.45) is -14.4. The first-order valence-electron chi connectivity index (χ1n) is 36.5. The Bertz CT molecular complexity index is 4000. The molecule has 8 unspecified atom stereocenters. The van der Waals surface area contributed by atoms with Crippen LogP contribution in [-0.2, 0) is 61.9 Å². The first kappa shape index (κ1) is 87.2. The minimum atomic E-state index is -2.56. The summed E-state index contributed by atoms with van der Waals surface area (Å²) < 4.78 is 39.7. The molecule has 2 aliphatic rings. The highest BCUT2D eigenvalue weighted by Crippen LogP contribution is 2.45. The van der Waals surface area contributed by atoms with Crippen molar-refractivity contribution in [2.75, 3.05) is 83.2 Å². The van der Waals surface area contributed by atoms with E-state index in [4.69, 9.17) is 33.2 Å². The van der Waals surface area contributed by atoms with Crippen LogP contribution in [0.15, 0.2) is 158 Å². The lowest BCUT2D eigenvalue weighted by Crippen LogP contribution is -2.68. The quantitative estimate of drug-likeness (QED) is 0.0109. The number of amides is 7. The van der Waals surface area contributed by atoms with Crippen molar-refractivity contribution >= 4 is 77.0 Å². The number of thioether (sulfide) groups is 2. The Balaban J connectivity index is 0.806. The lowest BCUT2D eigenvalue weighted by molar-refractivity contribution is -0.317. The van der Waals surface area contributed by atoms with Crippen molar-refractivity contribution < 1.29 is 107 Å². The van der Waals surface area contributed by atoms with E-state index in [1.54, 1.807) is 48.5 Å². The smallest absolute Gasteiger partial charge is 0.407 e. The Morgan fingerprint density at radius 3 is 1.66 bits per heavy atom. The van der Waals surface area contributed by atoms with Crippen LogP contribution >= 0.6 is 23.5 Å². The highest BCUT2D eigenvalue weighted by molar-refractivity contribution is 7.99. The van der Waals surface area contributed by atoms with Gasteiger partial charge in [0.15, 0.2) is 6.29 Å². The van der Waals surface area contributed by atoms with Gasteiger partial charge in [-0.3, -0.25) is 28.8 Å². The molecular formula is C80H99N7O22S2. The van der Waals surface area contributed by atoms with E-state index in [2.05, 4.69) is 37.2 Å². The fourth-order valence-electron chi connectivity index (χ4n) is 12.7. The fraction of sp³-hybridized carbons (Fsp3) is 0.438. The standard InChI is InChI=1S/C80H99N7O22S2/c1-49(85-50(2)88)64(90)44-80(77(101)104-5,109-75(99)67(93)47-84-73(97)57-32-28-55(29-33-57)53-20-10-7-11-21-53)107-39-17-41-111-43-37-82-74(98)63(87-78(102)105-48-62-60-24-14-12-22-58(60)59-23-13-15-25-61(59)62)34-35-68(94)81-36-42-110-40-16-38-106-79(76(100)103-4)45-65(91)69(86-51(3)89)71(108-79)70(95)66(92)46-83-72(96)56-30-26-54(27-31-56)52-18-8-6-9-19-52/h6-15,18-33,49,62-67,69-71,75,90-93,95,99H,16-17,34-48H2,1-5H3,(H,81,94)(H,82,98)(H,83,96)(H,84,97)(H,85,88)(H,86,89)(H,87,102)/t49?,63?,64?,65?,66-,67-,69?,70-,71?,75+,79?,80?/m1/s1. The zero-order valence-electron chi connectivity index (χ0n) is 62.4. The number of fused-ring (bicyclic) bond motifs is 3. The lowest BCUT2D eigenvalue weighted by atomic mass is 9.88. The molecular weight excluding hydrogens is 1480 g/mol. The van der Waals surface area contributed by atoms with Crippen LogP contribution in [0.25, 0.3) is 33.4 Å². The van der Waals surface area contributed by atoms with E-state index < -0.39 is 152 Å². The Hall–Kier alpha value is -9.35. The van der Waals surface area contributed by atoms with Crippen molar-refractivity contribution in [3.8, 4) is 33.4 Å². The predicted octanol–water partition coefficient (Wildman–Crippen LogP) is 4.47. The van der Waals surface area contributed by atoms with E-state index in [1.807, 2.05) is 109 Å². The van der Waals surface area contributed by atoms with Crippen molar-refractivity contribution in [1.29, 1.82) is 0 Å². The number of hydrogen-bond acceptors (Lipinski definition) is 24. The van der Waals surface area contributed by atoms with E-state index in [9.17, 15) is 73.8 Å². The Morgan fingerprint density at radius 2 is 1.12 bits per heavy atom. The van der Waals surface area contributed by atoms with Gasteiger partial charge >= 0.3 is 18.0 Å². The summed E-state index contributed by atoms with van der Waals surface area (Å²) in [6, 6.07) is 44.5. The first-order chi connectivity index (χ1) is 53.4. The van der Waals surface area contributed by atoms with E-state index in [-0.39, 0.29) is 69.2 Å². The van der Waals surface area contributed by atoms with Gasteiger partial charge in [0.05, 0.1) is 57.8 Å². The summed E-state index contributed by atoms with van der Waals surface area (Å²) in [7, 11) is 2.09. The molecule has 8 rings (SSSR count). The second-order valence-electron chi connectivity index (χ2n) is 26.6. The van der Waals surface area contributed by atoms with Crippen molar-refractivity contribution in [3.05, 3.63) is 180 Å². The van der Waals surface area contributed by atoms with Crippen LogP contribution in [0.1, 0.15) is 97.1 Å². The zero-order chi connectivity index (χ0) is 80.0. The van der Waals surface area contributed by atoms with Gasteiger partial charge in [-0.05, 0) is 106 Å². The number of ether oxygens (including phenoxy) is 7. The minimum absolute atomic E-state index is 0.0490. The maximum Gasteiger partial charge on any atom is 0.407 e. The zero-order valence-corrected chi connectivity index (χ0v) is 64.0. The summed E-state index contributed by atoms with van der Waals surface area (Å²) in [6.45, 7) is 2.65. The molecule has 1 aliphatic heterocycles. The Morgan fingerprint density at radius 1 is 0.595 bits per heavy atom. The summed E-state index contributed by atoms with van der Waals surface area (Å²) in [4.78, 5) is 119. The number of aliphatic hydroxyl groups excluding tert-OH is 6. The number of alkyl carbamates (subject to hydrolysis) is 1. The van der Waals surface area contributed by atoms with Gasteiger partial charge in [0.2, 0.25) is 23.6 Å². The van der Waals surface area contributed by atoms with Gasteiger partial charge in [-0.25, -0.2) is 14.4 Å². The molecule has 7 amide bonds. The van der Waals surface area contributed by atoms with Crippen LogP contribution in [0.4, 0.5) is 4.79 Å². The Kier molecular flexibility index (Phi) is 34.2. The molecule has 12 atom stereocenters. The van der Waals surface area contributed by atoms with Gasteiger partial charge < -0.3 is 101 Å². The second kappa shape index (κ2) is 43.5. The molecule has 0 saturated carbocycles. The third-order valence-electron chi connectivity index (χ3n) is 18.5. The molecule has 0 spiro atoms. The van der Waals surface area contributed by atoms with E-state index in [0.29, 0.717) is 29.4 Å². The van der Waals surface area contributed by atoms with Crippen LogP contribution < -0.4 is 37.2 Å². The van der Waals surface area contributed by atoms with E-state index in [0.717, 1.165) is 58.7 Å². The summed E-state index contributed by atoms with van der Waals surface area (Å²) in [5.74, 6) is -9.20. The largest absolute Gasteiger partial charge is 0.465 e. The van der Waals surface area contributed by atoms with Crippen molar-refractivity contribution in [1.82, 2.24) is 37.2 Å². The molecule has 1 aliphatic carbocycles. The van der Waals surface area contributed by atoms with Gasteiger partial charge in [0.25, 0.3) is 23.4 Å². The SMILES string of the molecule is COC(=O)C1(OCCCSCCNC(=O)CCC(NC(=O)OCC2c3ccccc3-c3ccccc32)C(=O)NCCSCCCOC(CC(O)C(C)NC(C)=O)(O[C@H](O)[C@H](O)CNC(=O)c2ccc(-c3ccccc3)cc2)C(=O)OC)CC(O)C(NC(C)=O)C([C@H](O)[C@H](O)CNC(=O)c2ccc(-c3ccccc3)cc2)O1. The molecule has 598 valence electrons. The number of nitrogens with one attached hydrogen (secondary N) is 7. The van der Waals surface area contributed by atoms with Crippen molar-refractivity contribution in [2.24, 2.45) is 0 Å². The molecule has 1 fully saturated rings. The molecule has 6 aromatic carbocycles. The molecule has 31 heteroatoms. The third kappa shape index (κ3) is 25.3. The average Bonchev–Trinajstić information content (AvgIpc) is 1.71. The number of carbonyl (C=O) groups excluding carboxylic acids is 9. The molecule has 0 bridgehead atoms. The molecule has 29 nitrogen and oxygen atoms in total.